The Hall–Kier alpha value is -2.57. The molecule has 0 spiro atoms. The molecule has 3 N–H and O–H groups in total. The topological polar surface area (TPSA) is 105 Å². The average molecular weight is 334 g/mol. The van der Waals surface area contributed by atoms with E-state index in [0.717, 1.165) is 6.42 Å². The Balaban J connectivity index is 2.12. The first-order valence-electron chi connectivity index (χ1n) is 7.90. The van der Waals surface area contributed by atoms with Gasteiger partial charge in [0.05, 0.1) is 18.7 Å². The van der Waals surface area contributed by atoms with Gasteiger partial charge in [-0.25, -0.2) is 0 Å². The van der Waals surface area contributed by atoms with E-state index in [0.29, 0.717) is 36.4 Å². The molecule has 1 aromatic rings. The standard InChI is InChI=1S/C17H22N2O5/c1-10(20)18-13-6-7-15(24-2)14(9-13)19-16(21)11-4-3-5-12(8-11)17(22)23/h6-7,9,11-12H,3-5,8H2,1-2H3,(H,18,20)(H,19,21)(H,22,23). The van der Waals surface area contributed by atoms with Gasteiger partial charge in [-0.05, 0) is 37.5 Å². The normalized spacial score (nSPS) is 20.1. The molecular formula is C17H22N2O5. The first kappa shape index (κ1) is 17.8. The monoisotopic (exact) mass is 334 g/mol. The lowest BCUT2D eigenvalue weighted by Crippen LogP contribution is -2.31. The number of carbonyl (C=O) groups is 3. The fourth-order valence-electron chi connectivity index (χ4n) is 2.97. The molecule has 0 saturated heterocycles. The number of nitrogens with one attached hydrogen (secondary N) is 2. The quantitative estimate of drug-likeness (QED) is 0.767. The summed E-state index contributed by atoms with van der Waals surface area (Å²) in [5, 5.41) is 14.6. The Kier molecular flexibility index (Phi) is 5.78. The van der Waals surface area contributed by atoms with Crippen LogP contribution in [0, 0.1) is 11.8 Å². The highest BCUT2D eigenvalue weighted by Crippen LogP contribution is 2.32. The number of carboxylic acid groups (broad SMARTS) is 1. The summed E-state index contributed by atoms with van der Waals surface area (Å²) < 4.78 is 5.23. The molecule has 1 aliphatic carbocycles. The van der Waals surface area contributed by atoms with E-state index in [1.807, 2.05) is 0 Å². The summed E-state index contributed by atoms with van der Waals surface area (Å²) in [6.07, 6.45) is 2.34. The fraction of sp³-hybridized carbons (Fsp3) is 0.471. The number of methoxy groups -OCH3 is 1. The van der Waals surface area contributed by atoms with E-state index in [2.05, 4.69) is 10.6 Å². The first-order chi connectivity index (χ1) is 11.4. The molecule has 0 aliphatic heterocycles. The predicted octanol–water partition coefficient (Wildman–Crippen LogP) is 2.48. The van der Waals surface area contributed by atoms with Crippen molar-refractivity contribution in [3.63, 3.8) is 0 Å². The van der Waals surface area contributed by atoms with Crippen LogP contribution in [0.15, 0.2) is 18.2 Å². The van der Waals surface area contributed by atoms with Crippen molar-refractivity contribution >= 4 is 29.2 Å². The van der Waals surface area contributed by atoms with E-state index in [4.69, 9.17) is 9.84 Å². The Bertz CT molecular complexity index is 644. The molecule has 24 heavy (non-hydrogen) atoms. The highest BCUT2D eigenvalue weighted by Gasteiger charge is 2.31. The molecule has 7 heteroatoms. The molecule has 0 aromatic heterocycles. The Morgan fingerprint density at radius 1 is 1.17 bits per heavy atom. The number of anilines is 2. The van der Waals surface area contributed by atoms with Gasteiger partial charge in [0, 0.05) is 18.5 Å². The number of ether oxygens (including phenoxy) is 1. The molecule has 2 atom stereocenters. The maximum atomic E-state index is 12.5. The second-order valence-electron chi connectivity index (χ2n) is 5.98. The Morgan fingerprint density at radius 2 is 1.88 bits per heavy atom. The van der Waals surface area contributed by atoms with E-state index in [9.17, 15) is 14.4 Å². The number of aliphatic carboxylic acids is 1. The minimum atomic E-state index is -0.849. The fourth-order valence-corrected chi connectivity index (χ4v) is 2.97. The van der Waals surface area contributed by atoms with Crippen LogP contribution in [0.1, 0.15) is 32.6 Å². The van der Waals surface area contributed by atoms with E-state index >= 15 is 0 Å². The summed E-state index contributed by atoms with van der Waals surface area (Å²) in [5.41, 5.74) is 0.997. The lowest BCUT2D eigenvalue weighted by atomic mass is 9.81. The molecule has 1 fully saturated rings. The summed E-state index contributed by atoms with van der Waals surface area (Å²) in [4.78, 5) is 34.8. The van der Waals surface area contributed by atoms with Gasteiger partial charge in [-0.2, -0.15) is 0 Å². The van der Waals surface area contributed by atoms with Crippen molar-refractivity contribution in [3.8, 4) is 5.75 Å². The molecule has 0 heterocycles. The van der Waals surface area contributed by atoms with Crippen LogP contribution in [0.3, 0.4) is 0 Å². The molecule has 7 nitrogen and oxygen atoms in total. The van der Waals surface area contributed by atoms with Crippen LogP contribution in [0.4, 0.5) is 11.4 Å². The zero-order valence-electron chi connectivity index (χ0n) is 13.8. The van der Waals surface area contributed by atoms with Gasteiger partial charge in [-0.15, -0.1) is 0 Å². The average Bonchev–Trinajstić information content (AvgIpc) is 2.54. The summed E-state index contributed by atoms with van der Waals surface area (Å²) in [6.45, 7) is 1.40. The lowest BCUT2D eigenvalue weighted by Gasteiger charge is -2.26. The second kappa shape index (κ2) is 7.81. The first-order valence-corrected chi connectivity index (χ1v) is 7.90. The van der Waals surface area contributed by atoms with Gasteiger partial charge in [0.25, 0.3) is 0 Å². The van der Waals surface area contributed by atoms with Gasteiger partial charge in [0.2, 0.25) is 11.8 Å². The molecule has 2 rings (SSSR count). The number of carboxylic acids is 1. The van der Waals surface area contributed by atoms with E-state index in [-0.39, 0.29) is 17.7 Å². The van der Waals surface area contributed by atoms with E-state index in [1.165, 1.54) is 14.0 Å². The number of carbonyl (C=O) groups excluding carboxylic acids is 2. The summed E-state index contributed by atoms with van der Waals surface area (Å²) >= 11 is 0. The Morgan fingerprint density at radius 3 is 2.50 bits per heavy atom. The molecule has 1 aromatic carbocycles. The van der Waals surface area contributed by atoms with Crippen LogP contribution in [-0.4, -0.2) is 30.0 Å². The number of benzene rings is 1. The third-order valence-electron chi connectivity index (χ3n) is 4.17. The molecule has 0 radical (unpaired) electrons. The predicted molar refractivity (Wildman–Crippen MR) is 89.0 cm³/mol. The van der Waals surface area contributed by atoms with Crippen LogP contribution >= 0.6 is 0 Å². The van der Waals surface area contributed by atoms with Crippen molar-refractivity contribution in [1.29, 1.82) is 0 Å². The van der Waals surface area contributed by atoms with Crippen LogP contribution < -0.4 is 15.4 Å². The molecule has 1 aliphatic rings. The van der Waals surface area contributed by atoms with Crippen molar-refractivity contribution in [2.45, 2.75) is 32.6 Å². The number of rotatable bonds is 5. The van der Waals surface area contributed by atoms with Crippen LogP contribution in [0.2, 0.25) is 0 Å². The number of hydrogen-bond donors (Lipinski definition) is 3. The SMILES string of the molecule is COc1ccc(NC(C)=O)cc1NC(=O)C1CCCC(C(=O)O)C1. The van der Waals surface area contributed by atoms with Gasteiger partial charge in [-0.3, -0.25) is 14.4 Å². The summed E-state index contributed by atoms with van der Waals surface area (Å²) in [7, 11) is 1.49. The van der Waals surface area contributed by atoms with Crippen LogP contribution in [-0.2, 0) is 14.4 Å². The molecule has 2 amide bonds. The van der Waals surface area contributed by atoms with Crippen molar-refractivity contribution in [2.75, 3.05) is 17.7 Å². The van der Waals surface area contributed by atoms with Crippen molar-refractivity contribution in [3.05, 3.63) is 18.2 Å². The van der Waals surface area contributed by atoms with E-state index in [1.54, 1.807) is 18.2 Å². The highest BCUT2D eigenvalue weighted by atomic mass is 16.5. The number of hydrogen-bond acceptors (Lipinski definition) is 4. The maximum absolute atomic E-state index is 12.5. The zero-order valence-corrected chi connectivity index (χ0v) is 13.8. The highest BCUT2D eigenvalue weighted by molar-refractivity contribution is 5.96. The number of amides is 2. The third-order valence-corrected chi connectivity index (χ3v) is 4.17. The molecule has 130 valence electrons. The van der Waals surface area contributed by atoms with Gasteiger partial charge in [0.15, 0.2) is 0 Å². The van der Waals surface area contributed by atoms with Gasteiger partial charge in [0.1, 0.15) is 5.75 Å². The molecule has 1 saturated carbocycles. The van der Waals surface area contributed by atoms with Gasteiger partial charge in [-0.1, -0.05) is 6.42 Å². The summed E-state index contributed by atoms with van der Waals surface area (Å²) in [6, 6.07) is 4.95. The van der Waals surface area contributed by atoms with Crippen molar-refractivity contribution < 1.29 is 24.2 Å². The molecular weight excluding hydrogens is 312 g/mol. The lowest BCUT2D eigenvalue weighted by molar-refractivity contribution is -0.143. The molecule has 0 bridgehead atoms. The van der Waals surface area contributed by atoms with Crippen LogP contribution in [0.5, 0.6) is 5.75 Å². The minimum Gasteiger partial charge on any atom is -0.495 e. The van der Waals surface area contributed by atoms with E-state index < -0.39 is 11.9 Å². The third kappa shape index (κ3) is 4.47. The maximum Gasteiger partial charge on any atom is 0.306 e. The summed E-state index contributed by atoms with van der Waals surface area (Å²) in [5.74, 6) is -1.62. The largest absolute Gasteiger partial charge is 0.495 e. The smallest absolute Gasteiger partial charge is 0.306 e. The van der Waals surface area contributed by atoms with Crippen molar-refractivity contribution in [1.82, 2.24) is 0 Å². The minimum absolute atomic E-state index is 0.214. The van der Waals surface area contributed by atoms with Crippen LogP contribution in [0.25, 0.3) is 0 Å². The Labute approximate surface area is 140 Å². The molecule has 2 unspecified atom stereocenters. The zero-order chi connectivity index (χ0) is 17.7. The van der Waals surface area contributed by atoms with Gasteiger partial charge >= 0.3 is 5.97 Å². The van der Waals surface area contributed by atoms with Gasteiger partial charge < -0.3 is 20.5 Å². The van der Waals surface area contributed by atoms with Crippen molar-refractivity contribution in [2.24, 2.45) is 11.8 Å². The second-order valence-corrected chi connectivity index (χ2v) is 5.98.